The topological polar surface area (TPSA) is 198 Å². The van der Waals surface area contributed by atoms with Gasteiger partial charge in [0.1, 0.15) is 30.7 Å². The maximum atomic E-state index is 12.0. The maximum absolute atomic E-state index is 12.0. The number of rotatable bonds is 8. The second kappa shape index (κ2) is 10.4. The predicted octanol–water partition coefficient (Wildman–Crippen LogP) is -2.49. The van der Waals surface area contributed by atoms with Crippen LogP contribution in [0.15, 0.2) is 18.2 Å². The Kier molecular flexibility index (Phi) is 8.14. The average Bonchev–Trinajstić information content (AvgIpc) is 2.68. The van der Waals surface area contributed by atoms with Gasteiger partial charge in [0.05, 0.1) is 5.69 Å². The average molecular weight is 426 g/mol. The molecule has 0 aliphatic carbocycles. The van der Waals surface area contributed by atoms with Gasteiger partial charge in [0.25, 0.3) is 0 Å². The van der Waals surface area contributed by atoms with Crippen LogP contribution in [0.25, 0.3) is 0 Å². The zero-order chi connectivity index (χ0) is 22.4. The molecule has 0 saturated carbocycles. The van der Waals surface area contributed by atoms with Crippen molar-refractivity contribution in [1.29, 1.82) is 0 Å². The van der Waals surface area contributed by atoms with Crippen LogP contribution in [-0.4, -0.2) is 83.3 Å². The van der Waals surface area contributed by atoms with E-state index >= 15 is 0 Å². The Morgan fingerprint density at radius 1 is 1.17 bits per heavy atom. The van der Waals surface area contributed by atoms with Gasteiger partial charge in [-0.05, 0) is 17.7 Å². The highest BCUT2D eigenvalue weighted by atomic mass is 16.7. The van der Waals surface area contributed by atoms with Crippen LogP contribution < -0.4 is 15.8 Å². The molecule has 0 unspecified atom stereocenters. The number of aliphatic hydroxyl groups excluding tert-OH is 3. The van der Waals surface area contributed by atoms with E-state index in [9.17, 15) is 29.7 Å². The van der Waals surface area contributed by atoms with Gasteiger partial charge in [-0.1, -0.05) is 6.07 Å². The molecule has 13 heteroatoms. The molecule has 0 aromatic heterocycles. The third-order valence-electron chi connectivity index (χ3n) is 4.19. The number of benzene rings is 1. The van der Waals surface area contributed by atoms with Gasteiger partial charge in [-0.3, -0.25) is 9.59 Å². The van der Waals surface area contributed by atoms with Crippen molar-refractivity contribution in [3.05, 3.63) is 23.8 Å². The third-order valence-corrected chi connectivity index (χ3v) is 4.19. The van der Waals surface area contributed by atoms with Crippen LogP contribution in [0.3, 0.4) is 0 Å². The van der Waals surface area contributed by atoms with Gasteiger partial charge in [0, 0.05) is 13.0 Å². The Bertz CT molecular complexity index is 792. The number of ether oxygens (including phenoxy) is 3. The lowest BCUT2D eigenvalue weighted by molar-refractivity contribution is -0.271. The van der Waals surface area contributed by atoms with E-state index in [0.29, 0.717) is 5.56 Å². The van der Waals surface area contributed by atoms with Gasteiger partial charge < -0.3 is 45.7 Å². The molecule has 1 heterocycles. The number of amides is 1. The van der Waals surface area contributed by atoms with Crippen LogP contribution in [0.5, 0.6) is 5.75 Å². The lowest BCUT2D eigenvalue weighted by atomic mass is 9.99. The number of carboxylic acid groups (broad SMARTS) is 1. The number of carbonyl (C=O) groups is 3. The minimum absolute atomic E-state index is 0.00214. The number of nitrogens with two attached hydrogens (primary N) is 1. The molecule has 30 heavy (non-hydrogen) atoms. The van der Waals surface area contributed by atoms with E-state index in [-0.39, 0.29) is 31.0 Å². The molecule has 1 saturated heterocycles. The van der Waals surface area contributed by atoms with Crippen LogP contribution in [0, 0.1) is 0 Å². The molecule has 1 amide bonds. The van der Waals surface area contributed by atoms with Gasteiger partial charge in [-0.2, -0.15) is 0 Å². The fourth-order valence-corrected chi connectivity index (χ4v) is 2.67. The SMILES string of the molecule is BC(=O)OCc1ccc(O[C@@H]2O[C@H](C(=O)O)[C@@H](O)[C@H](O)[C@H]2O)c(NC(=O)CCN)c1. The summed E-state index contributed by atoms with van der Waals surface area (Å²) in [5.41, 5.74) is 5.98. The lowest BCUT2D eigenvalue weighted by Crippen LogP contribution is -2.61. The highest BCUT2D eigenvalue weighted by Gasteiger charge is 2.48. The van der Waals surface area contributed by atoms with Crippen molar-refractivity contribution in [2.45, 2.75) is 43.7 Å². The fraction of sp³-hybridized carbons (Fsp3) is 0.471. The highest BCUT2D eigenvalue weighted by molar-refractivity contribution is 6.55. The molecule has 5 atom stereocenters. The molecule has 164 valence electrons. The summed E-state index contributed by atoms with van der Waals surface area (Å²) in [4.78, 5) is 34.2. The predicted molar refractivity (Wildman–Crippen MR) is 102 cm³/mol. The minimum atomic E-state index is -1.87. The number of carbonyl (C=O) groups excluding carboxylic acids is 2. The molecule has 1 aromatic rings. The van der Waals surface area contributed by atoms with E-state index in [1.807, 2.05) is 0 Å². The Hall–Kier alpha value is -2.71. The van der Waals surface area contributed by atoms with Crippen molar-refractivity contribution in [3.63, 3.8) is 0 Å². The van der Waals surface area contributed by atoms with Crippen molar-refractivity contribution in [1.82, 2.24) is 0 Å². The molecule has 1 aliphatic rings. The van der Waals surface area contributed by atoms with Crippen LogP contribution >= 0.6 is 0 Å². The maximum Gasteiger partial charge on any atom is 0.335 e. The van der Waals surface area contributed by atoms with Crippen molar-refractivity contribution in [2.24, 2.45) is 5.73 Å². The van der Waals surface area contributed by atoms with E-state index < -0.39 is 48.5 Å². The minimum Gasteiger partial charge on any atom is -0.479 e. The zero-order valence-corrected chi connectivity index (χ0v) is 16.1. The Morgan fingerprint density at radius 2 is 1.87 bits per heavy atom. The van der Waals surface area contributed by atoms with Crippen molar-refractivity contribution in [2.75, 3.05) is 11.9 Å². The first-order valence-corrected chi connectivity index (χ1v) is 8.99. The van der Waals surface area contributed by atoms with Crippen LogP contribution in [0.2, 0.25) is 0 Å². The number of hydrogen-bond donors (Lipinski definition) is 6. The smallest absolute Gasteiger partial charge is 0.335 e. The van der Waals surface area contributed by atoms with Crippen molar-refractivity contribution >= 4 is 31.3 Å². The summed E-state index contributed by atoms with van der Waals surface area (Å²) >= 11 is 0. The number of aliphatic carboxylic acids is 1. The molecule has 12 nitrogen and oxygen atoms in total. The first kappa shape index (κ1) is 23.6. The number of carboxylic acids is 1. The summed E-state index contributed by atoms with van der Waals surface area (Å²) in [6, 6.07) is 4.33. The van der Waals surface area contributed by atoms with Gasteiger partial charge in [0.2, 0.25) is 25.9 Å². The number of anilines is 1. The van der Waals surface area contributed by atoms with E-state index in [4.69, 9.17) is 25.1 Å². The molecule has 1 aliphatic heterocycles. The van der Waals surface area contributed by atoms with E-state index in [0.717, 1.165) is 0 Å². The van der Waals surface area contributed by atoms with E-state index in [1.54, 1.807) is 0 Å². The van der Waals surface area contributed by atoms with Gasteiger partial charge in [-0.15, -0.1) is 0 Å². The molecule has 1 fully saturated rings. The van der Waals surface area contributed by atoms with Crippen molar-refractivity contribution in [3.8, 4) is 5.75 Å². The highest BCUT2D eigenvalue weighted by Crippen LogP contribution is 2.31. The van der Waals surface area contributed by atoms with Crippen molar-refractivity contribution < 1.29 is 49.0 Å². The van der Waals surface area contributed by atoms with E-state index in [2.05, 4.69) is 5.32 Å². The first-order valence-electron chi connectivity index (χ1n) is 8.99. The van der Waals surface area contributed by atoms with Gasteiger partial charge in [0.15, 0.2) is 6.10 Å². The summed E-state index contributed by atoms with van der Waals surface area (Å²) in [5.74, 6) is -2.54. The second-order valence-electron chi connectivity index (χ2n) is 6.55. The molecule has 7 N–H and O–H groups in total. The summed E-state index contributed by atoms with van der Waals surface area (Å²) in [7, 11) is 1.24. The molecule has 0 radical (unpaired) electrons. The Morgan fingerprint density at radius 3 is 2.47 bits per heavy atom. The zero-order valence-electron chi connectivity index (χ0n) is 16.1. The fourth-order valence-electron chi connectivity index (χ4n) is 2.67. The monoisotopic (exact) mass is 426 g/mol. The van der Waals surface area contributed by atoms with E-state index in [1.165, 1.54) is 26.0 Å². The Labute approximate surface area is 171 Å². The summed E-state index contributed by atoms with van der Waals surface area (Å²) in [6.07, 6.45) is -8.98. The molecular formula is C17H23BN2O10. The largest absolute Gasteiger partial charge is 0.479 e. The van der Waals surface area contributed by atoms with Crippen LogP contribution in [0.1, 0.15) is 12.0 Å². The molecule has 0 spiro atoms. The number of nitrogens with one attached hydrogen (secondary N) is 1. The second-order valence-corrected chi connectivity index (χ2v) is 6.55. The first-order chi connectivity index (χ1) is 14.1. The quantitative estimate of drug-likeness (QED) is 0.241. The Balaban J connectivity index is 2.28. The normalized spacial score (nSPS) is 25.9. The van der Waals surface area contributed by atoms with Crippen LogP contribution in [-0.2, 0) is 25.7 Å². The lowest BCUT2D eigenvalue weighted by Gasteiger charge is -2.38. The van der Waals surface area contributed by atoms with Gasteiger partial charge >= 0.3 is 5.97 Å². The summed E-state index contributed by atoms with van der Waals surface area (Å²) < 4.78 is 15.5. The molecule has 2 rings (SSSR count). The van der Waals surface area contributed by atoms with Crippen LogP contribution in [0.4, 0.5) is 10.5 Å². The summed E-state index contributed by atoms with van der Waals surface area (Å²) in [5, 5.41) is 41.4. The number of hydrogen-bond acceptors (Lipinski definition) is 10. The molecular weight excluding hydrogens is 403 g/mol. The third kappa shape index (κ3) is 5.90. The summed E-state index contributed by atoms with van der Waals surface area (Å²) in [6.45, 7) is 0.00784. The van der Waals surface area contributed by atoms with Gasteiger partial charge in [-0.25, -0.2) is 4.79 Å². The number of aliphatic hydroxyl groups is 3. The standard InChI is InChI=1S/C17H23BN2O10/c18-17(27)28-6-7-1-2-9(8(5-7)20-10(21)3-4-19)29-16-13(24)11(22)12(23)14(30-16)15(25)26/h1-2,5,11-14,16,22-24H,3-4,6,18-19H2,(H,20,21)(H,25,26)/t11-,12-,13+,14-,16+/m0/s1. The molecule has 1 aromatic carbocycles. The molecule has 0 bridgehead atoms.